The van der Waals surface area contributed by atoms with Gasteiger partial charge in [-0.3, -0.25) is 4.74 Å². The molecule has 1 aliphatic rings. The van der Waals surface area contributed by atoms with Gasteiger partial charge in [0, 0.05) is 58.5 Å². The smallest absolute Gasteiger partial charge is 0.496 e. The van der Waals surface area contributed by atoms with Crippen molar-refractivity contribution in [3.8, 4) is 86.2 Å². The predicted octanol–water partition coefficient (Wildman–Crippen LogP) is 20.5. The molecule has 0 radical (unpaired) electrons. The quantitative estimate of drug-likeness (QED) is 0.0206. The number of ether oxygens (including phenoxy) is 20. The molecule has 34 heteroatoms. The molecule has 0 aromatic heterocycles. The molecule has 808 valence electrons. The van der Waals surface area contributed by atoms with Crippen LogP contribution in [0.1, 0.15) is 120 Å². The summed E-state index contributed by atoms with van der Waals surface area (Å²) in [6.07, 6.45) is -2.50. The van der Waals surface area contributed by atoms with Crippen LogP contribution in [0.5, 0.6) is 86.2 Å². The van der Waals surface area contributed by atoms with Gasteiger partial charge in [-0.2, -0.15) is 0 Å². The largest absolute Gasteiger partial charge is 0.522 e. The number of methoxy groups -OCH3 is 10. The SMILES string of the molecule is COCCOc1cc(F)c(C)cc1OC.COCCOc1ccc(C)cc1OC.COCCOc1ccc(C)cc1S(C)(=O)=O.COc1cc(C)ccc1C1(O)COC1.COc1cc(C)ccc1OCCCO.COc1cc(C)ccc1OCCOC(F)(F)F.COc1cc(C)ccc1OCCS(C)(=O)=O.COc1cc(C)ccc1OC[C@H](O)CO.Cc1ccc(C(C)(C)C)cc1.Cc1ccc(OC(C)(C)C)c(C)c1. The molecule has 4 N–H and O–H groups in total. The van der Waals surface area contributed by atoms with Crippen LogP contribution in [-0.2, 0) is 54.4 Å². The van der Waals surface area contributed by atoms with Crippen molar-refractivity contribution < 1.29 is 150 Å². The Morgan fingerprint density at radius 1 is 0.366 bits per heavy atom. The van der Waals surface area contributed by atoms with Crippen LogP contribution >= 0.6 is 0 Å². The van der Waals surface area contributed by atoms with Crippen LogP contribution in [0.25, 0.3) is 0 Å². The Bertz CT molecular complexity index is 5550. The van der Waals surface area contributed by atoms with Crippen LogP contribution in [0.15, 0.2) is 187 Å². The van der Waals surface area contributed by atoms with E-state index in [4.69, 9.17) is 105 Å². The molecule has 1 fully saturated rings. The zero-order valence-corrected chi connectivity index (χ0v) is 91.5. The normalized spacial score (nSPS) is 11.8. The standard InChI is InChI=1S/C12H18O.C11H13F3O3.C11H15FO3.2C11H16O4S.C11H16O4.C11H14O3.2C11H16O3.C11H16/c1-9-6-7-11(10(2)8-9)13-12(3,4)5;1-8-3-4-9(10(7-8)15-2)16-5-6-17-11(12,13)14;1-8-6-10(14-3)11(7-9(8)12)15-5-4-13-2;1-9-4-5-10(11(8-9)14-2)15-6-7-16(3,12)13;1-9-4-5-10(15-7-6-14-2)11(8-9)16(3,12)13;1-8-3-4-10(11(5-8)14-2)15-7-9(13)6-12;1-8-3-4-9(10(5-8)13-2)11(12)6-14-7-11;1-9-4-5-10(11(8-9)13-3)14-7-6-12-2;1-9-4-5-10(11(8-9)13-2)14-7-3-6-12;1-9-5-7-10(8-6-9)11(2,3)4/h6-8H,1-5H3;3-4,7H,5-6H2,1-2H3;6-7H,4-5H2,1-3H3;2*4-5,8H,6-7H2,1-3H3;3-5,9,12-13H,6-7H2,1-2H3;3-5,12H,6-7H2,1-2H3;4-5,8H,6-7H2,1-3H3;4-5,8,12H,3,6-7H2,1-2H3;5-8H,1-4H3/t;;;;;9-;;;;/m.....1..../s1. The van der Waals surface area contributed by atoms with E-state index in [1.54, 1.807) is 112 Å². The van der Waals surface area contributed by atoms with E-state index >= 15 is 0 Å². The Morgan fingerprint density at radius 2 is 0.697 bits per heavy atom. The van der Waals surface area contributed by atoms with Crippen LogP contribution in [-0.4, -0.2) is 244 Å². The topological polar surface area (TPSA) is 334 Å². The third-order valence-electron chi connectivity index (χ3n) is 19.9. The lowest BCUT2D eigenvalue weighted by molar-refractivity contribution is -0.325. The molecule has 10 aromatic carbocycles. The predicted molar refractivity (Wildman–Crippen MR) is 560 cm³/mol. The van der Waals surface area contributed by atoms with Gasteiger partial charge in [-0.15, -0.1) is 13.2 Å². The molecule has 0 spiro atoms. The minimum Gasteiger partial charge on any atom is -0.496 e. The van der Waals surface area contributed by atoms with Gasteiger partial charge in [-0.05, 0) is 249 Å². The molecule has 11 rings (SSSR count). The molecule has 1 atom stereocenters. The Kier molecular flexibility index (Phi) is 60.1. The lowest BCUT2D eigenvalue weighted by atomic mass is 9.87. The van der Waals surface area contributed by atoms with Gasteiger partial charge in [-0.25, -0.2) is 21.2 Å². The number of aliphatic hydroxyl groups is 4. The molecule has 0 amide bonds. The number of rotatable bonds is 38. The van der Waals surface area contributed by atoms with Crippen LogP contribution in [0.2, 0.25) is 0 Å². The lowest BCUT2D eigenvalue weighted by Crippen LogP contribution is -2.46. The zero-order valence-electron chi connectivity index (χ0n) is 89.8. The van der Waals surface area contributed by atoms with Gasteiger partial charge in [0.1, 0.15) is 84.9 Å². The summed E-state index contributed by atoms with van der Waals surface area (Å²) >= 11 is 0. The summed E-state index contributed by atoms with van der Waals surface area (Å²) in [5.41, 5.74) is 13.3. The van der Waals surface area contributed by atoms with Crippen molar-refractivity contribution in [1.29, 1.82) is 0 Å². The van der Waals surface area contributed by atoms with Crippen molar-refractivity contribution in [3.05, 3.63) is 260 Å². The summed E-state index contributed by atoms with van der Waals surface area (Å²) in [7, 11) is 9.52. The molecule has 10 aromatic rings. The maximum atomic E-state index is 13.2. The fourth-order valence-corrected chi connectivity index (χ4v) is 13.4. The molecule has 0 aliphatic carbocycles. The number of halogens is 4. The van der Waals surface area contributed by atoms with E-state index in [0.717, 1.165) is 79.0 Å². The summed E-state index contributed by atoms with van der Waals surface area (Å²) < 4.78 is 195. The summed E-state index contributed by atoms with van der Waals surface area (Å²) in [4.78, 5) is 0.226. The second-order valence-corrected chi connectivity index (χ2v) is 39.5. The molecular formula is C111H156F4O28S2. The fourth-order valence-electron chi connectivity index (χ4n) is 12.1. The summed E-state index contributed by atoms with van der Waals surface area (Å²) in [5, 5.41) is 36.4. The van der Waals surface area contributed by atoms with Crippen molar-refractivity contribution >= 4 is 19.7 Å². The van der Waals surface area contributed by atoms with E-state index in [9.17, 15) is 39.5 Å². The lowest BCUT2D eigenvalue weighted by Gasteiger charge is -2.37. The molecular weight excluding hydrogens is 1920 g/mol. The first-order valence-electron chi connectivity index (χ1n) is 46.6. The second kappa shape index (κ2) is 67.3. The number of aryl methyl sites for hydroxylation is 11. The summed E-state index contributed by atoms with van der Waals surface area (Å²) in [6.45, 7) is 37.7. The maximum Gasteiger partial charge on any atom is 0.522 e. The van der Waals surface area contributed by atoms with Gasteiger partial charge in [-0.1, -0.05) is 117 Å². The van der Waals surface area contributed by atoms with E-state index in [1.165, 1.54) is 55.1 Å². The number of sulfone groups is 2. The molecule has 145 heavy (non-hydrogen) atoms. The van der Waals surface area contributed by atoms with E-state index in [1.807, 2.05) is 139 Å². The first-order chi connectivity index (χ1) is 68.2. The first kappa shape index (κ1) is 130. The summed E-state index contributed by atoms with van der Waals surface area (Å²) in [5.74, 6) is 8.97. The van der Waals surface area contributed by atoms with Crippen molar-refractivity contribution in [1.82, 2.24) is 0 Å². The summed E-state index contributed by atoms with van der Waals surface area (Å²) in [6, 6.07) is 56.6. The first-order valence-corrected chi connectivity index (χ1v) is 50.5. The van der Waals surface area contributed by atoms with Crippen molar-refractivity contribution in [2.45, 2.75) is 158 Å². The van der Waals surface area contributed by atoms with Crippen LogP contribution in [0.4, 0.5) is 17.6 Å². The highest BCUT2D eigenvalue weighted by Gasteiger charge is 2.40. The molecule has 0 unspecified atom stereocenters. The Hall–Kier alpha value is -11.5. The maximum absolute atomic E-state index is 13.2. The van der Waals surface area contributed by atoms with Crippen molar-refractivity contribution in [2.75, 3.05) is 188 Å². The third kappa shape index (κ3) is 53.4. The van der Waals surface area contributed by atoms with Gasteiger partial charge in [0.05, 0.1) is 108 Å². The van der Waals surface area contributed by atoms with Gasteiger partial charge in [0.15, 0.2) is 88.7 Å². The molecule has 1 aliphatic heterocycles. The minimum atomic E-state index is -4.62. The Balaban J connectivity index is 0.000000545. The second-order valence-electron chi connectivity index (χ2n) is 35.3. The molecule has 0 bridgehead atoms. The van der Waals surface area contributed by atoms with Crippen LogP contribution < -0.4 is 71.1 Å². The molecule has 28 nitrogen and oxygen atoms in total. The highest BCUT2D eigenvalue weighted by atomic mass is 32.2. The van der Waals surface area contributed by atoms with Crippen LogP contribution in [0, 0.1) is 82.0 Å². The van der Waals surface area contributed by atoms with Crippen molar-refractivity contribution in [2.24, 2.45) is 0 Å². The number of benzene rings is 10. The average molecular weight is 2080 g/mol. The third-order valence-corrected chi connectivity index (χ3v) is 21.9. The van der Waals surface area contributed by atoms with Gasteiger partial charge in [0.2, 0.25) is 0 Å². The molecule has 1 saturated heterocycles. The Labute approximate surface area is 857 Å². The van der Waals surface area contributed by atoms with Gasteiger partial charge < -0.3 is 110 Å². The van der Waals surface area contributed by atoms with Crippen molar-refractivity contribution in [3.63, 3.8) is 0 Å². The van der Waals surface area contributed by atoms with E-state index in [2.05, 4.69) is 103 Å². The minimum absolute atomic E-state index is 0.00400. The van der Waals surface area contributed by atoms with Crippen LogP contribution in [0.3, 0.4) is 0 Å². The number of alkyl halides is 3. The fraction of sp³-hybridized carbons (Fsp3) is 0.459. The highest BCUT2D eigenvalue weighted by Crippen LogP contribution is 2.38. The number of aliphatic hydroxyl groups excluding tert-OH is 3. The number of hydrogen-bond acceptors (Lipinski definition) is 28. The van der Waals surface area contributed by atoms with E-state index < -0.39 is 44.3 Å². The average Bonchev–Trinajstić information content (AvgIpc) is 0.776. The number of hydrogen-bond donors (Lipinski definition) is 4. The van der Waals surface area contributed by atoms with Gasteiger partial charge >= 0.3 is 6.36 Å². The zero-order chi connectivity index (χ0) is 109. The monoisotopic (exact) mass is 2080 g/mol. The molecule has 0 saturated carbocycles. The van der Waals surface area contributed by atoms with Gasteiger partial charge in [0.25, 0.3) is 0 Å². The molecule has 1 heterocycles. The highest BCUT2D eigenvalue weighted by molar-refractivity contribution is 7.91. The van der Waals surface area contributed by atoms with E-state index in [0.29, 0.717) is 123 Å². The Morgan fingerprint density at radius 3 is 1.04 bits per heavy atom. The van der Waals surface area contributed by atoms with E-state index in [-0.39, 0.29) is 60.5 Å².